The lowest BCUT2D eigenvalue weighted by Gasteiger charge is -2.36. The molecule has 1 N–H and O–H groups in total. The number of carbonyl (C=O) groups excluding carboxylic acids is 1. The van der Waals surface area contributed by atoms with Crippen LogP contribution in [-0.2, 0) is 4.79 Å². The lowest BCUT2D eigenvalue weighted by molar-refractivity contribution is -0.130. The van der Waals surface area contributed by atoms with E-state index >= 15 is 0 Å². The molecule has 0 unspecified atom stereocenters. The number of anilines is 1. The second-order valence-corrected chi connectivity index (χ2v) is 7.07. The van der Waals surface area contributed by atoms with Crippen molar-refractivity contribution in [2.75, 3.05) is 44.7 Å². The molecule has 1 heterocycles. The first kappa shape index (κ1) is 19.5. The van der Waals surface area contributed by atoms with Crippen molar-refractivity contribution in [3.63, 3.8) is 0 Å². The number of carbonyl (C=O) groups is 1. The quantitative estimate of drug-likeness (QED) is 0.825. The molecule has 0 saturated carbocycles. The number of halogens is 1. The molecule has 0 aliphatic carbocycles. The van der Waals surface area contributed by atoms with Crippen LogP contribution >= 0.6 is 11.6 Å². The van der Waals surface area contributed by atoms with Crippen LogP contribution in [0.15, 0.2) is 48.5 Å². The molecule has 2 aromatic rings. The van der Waals surface area contributed by atoms with Crippen LogP contribution in [0.25, 0.3) is 0 Å². The molecular weight excluding hydrogens is 362 g/mol. The van der Waals surface area contributed by atoms with Gasteiger partial charge in [-0.3, -0.25) is 4.79 Å². The second kappa shape index (κ2) is 9.11. The van der Waals surface area contributed by atoms with Gasteiger partial charge >= 0.3 is 0 Å². The van der Waals surface area contributed by atoms with Crippen molar-refractivity contribution in [3.05, 3.63) is 59.1 Å². The summed E-state index contributed by atoms with van der Waals surface area (Å²) in [4.78, 5) is 16.8. The fourth-order valence-electron chi connectivity index (χ4n) is 3.38. The molecule has 0 radical (unpaired) electrons. The first-order valence-corrected chi connectivity index (χ1v) is 9.61. The number of benzene rings is 2. The minimum atomic E-state index is 0.0255. The molecule has 144 valence electrons. The van der Waals surface area contributed by atoms with Crippen molar-refractivity contribution in [2.24, 2.45) is 0 Å². The average molecular weight is 388 g/mol. The highest BCUT2D eigenvalue weighted by molar-refractivity contribution is 6.31. The smallest absolute Gasteiger partial charge is 0.236 e. The first-order valence-electron chi connectivity index (χ1n) is 9.23. The van der Waals surface area contributed by atoms with Crippen LogP contribution in [0, 0.1) is 0 Å². The first-order chi connectivity index (χ1) is 13.1. The van der Waals surface area contributed by atoms with E-state index in [1.807, 2.05) is 54.3 Å². The molecule has 1 aliphatic heterocycles. The van der Waals surface area contributed by atoms with Crippen LogP contribution < -0.4 is 15.0 Å². The van der Waals surface area contributed by atoms with E-state index < -0.39 is 0 Å². The van der Waals surface area contributed by atoms with Crippen LogP contribution in [0.5, 0.6) is 5.75 Å². The molecule has 3 rings (SSSR count). The maximum absolute atomic E-state index is 12.6. The van der Waals surface area contributed by atoms with Gasteiger partial charge in [-0.1, -0.05) is 41.9 Å². The number of rotatable bonds is 6. The van der Waals surface area contributed by atoms with Crippen molar-refractivity contribution >= 4 is 23.2 Å². The molecule has 1 fully saturated rings. The largest absolute Gasteiger partial charge is 0.495 e. The summed E-state index contributed by atoms with van der Waals surface area (Å²) in [7, 11) is 1.68. The predicted octanol–water partition coefficient (Wildman–Crippen LogP) is 3.35. The summed E-state index contributed by atoms with van der Waals surface area (Å²) in [6, 6.07) is 15.7. The molecule has 1 atom stereocenters. The fraction of sp³-hybridized carbons (Fsp3) is 0.381. The van der Waals surface area contributed by atoms with Gasteiger partial charge in [0.05, 0.1) is 19.3 Å². The van der Waals surface area contributed by atoms with Gasteiger partial charge in [0.2, 0.25) is 5.91 Å². The predicted molar refractivity (Wildman–Crippen MR) is 110 cm³/mol. The minimum Gasteiger partial charge on any atom is -0.495 e. The van der Waals surface area contributed by atoms with Crippen molar-refractivity contribution in [3.8, 4) is 5.75 Å². The Balaban J connectivity index is 1.51. The second-order valence-electron chi connectivity index (χ2n) is 6.66. The maximum Gasteiger partial charge on any atom is 0.236 e. The molecule has 1 aliphatic rings. The van der Waals surface area contributed by atoms with E-state index in [-0.39, 0.29) is 11.9 Å². The van der Waals surface area contributed by atoms with E-state index in [9.17, 15) is 4.79 Å². The molecule has 0 aromatic heterocycles. The molecular formula is C21H26ClN3O2. The zero-order chi connectivity index (χ0) is 19.2. The molecule has 5 nitrogen and oxygen atoms in total. The third-order valence-electron chi connectivity index (χ3n) is 4.99. The molecule has 0 bridgehead atoms. The van der Waals surface area contributed by atoms with Gasteiger partial charge < -0.3 is 19.9 Å². The molecule has 6 heteroatoms. The van der Waals surface area contributed by atoms with Gasteiger partial charge in [0.1, 0.15) is 5.75 Å². The van der Waals surface area contributed by atoms with Gasteiger partial charge in [-0.15, -0.1) is 0 Å². The zero-order valence-corrected chi connectivity index (χ0v) is 16.6. The number of nitrogens with zero attached hydrogens (tertiary/aromatic N) is 2. The summed E-state index contributed by atoms with van der Waals surface area (Å²) in [5, 5.41) is 4.01. The summed E-state index contributed by atoms with van der Waals surface area (Å²) in [5.41, 5.74) is 2.09. The number of amides is 1. The summed E-state index contributed by atoms with van der Waals surface area (Å²) < 4.78 is 5.45. The summed E-state index contributed by atoms with van der Waals surface area (Å²) in [5.74, 6) is 0.987. The Labute approximate surface area is 165 Å². The normalized spacial score (nSPS) is 15.5. The lowest BCUT2D eigenvalue weighted by Crippen LogP contribution is -2.51. The fourth-order valence-corrected chi connectivity index (χ4v) is 3.68. The number of para-hydroxylation sites is 2. The standard InChI is InChI=1S/C21H26ClN3O2/c1-16(17-7-3-4-8-18(17)22)23-15-21(26)25-13-11-24(12-14-25)19-9-5-6-10-20(19)27-2/h3-10,16,23H,11-15H2,1-2H3/t16-/m1/s1. The lowest BCUT2D eigenvalue weighted by atomic mass is 10.1. The molecule has 2 aromatic carbocycles. The minimum absolute atomic E-state index is 0.0255. The highest BCUT2D eigenvalue weighted by Crippen LogP contribution is 2.28. The molecule has 0 spiro atoms. The highest BCUT2D eigenvalue weighted by atomic mass is 35.5. The van der Waals surface area contributed by atoms with Crippen LogP contribution in [0.4, 0.5) is 5.69 Å². The number of methoxy groups -OCH3 is 1. The van der Waals surface area contributed by atoms with Crippen LogP contribution in [0.2, 0.25) is 5.02 Å². The van der Waals surface area contributed by atoms with Gasteiger partial charge in [0.15, 0.2) is 0 Å². The Hall–Kier alpha value is -2.24. The van der Waals surface area contributed by atoms with Crippen LogP contribution in [0.1, 0.15) is 18.5 Å². The van der Waals surface area contributed by atoms with Crippen LogP contribution in [0.3, 0.4) is 0 Å². The van der Waals surface area contributed by atoms with E-state index in [1.54, 1.807) is 7.11 Å². The van der Waals surface area contributed by atoms with Gasteiger partial charge in [-0.25, -0.2) is 0 Å². The molecule has 27 heavy (non-hydrogen) atoms. The van der Waals surface area contributed by atoms with Crippen LogP contribution in [-0.4, -0.2) is 50.6 Å². The SMILES string of the molecule is COc1ccccc1N1CCN(C(=O)CN[C@H](C)c2ccccc2Cl)CC1. The van der Waals surface area contributed by atoms with Gasteiger partial charge in [-0.2, -0.15) is 0 Å². The summed E-state index contributed by atoms with van der Waals surface area (Å²) in [6.07, 6.45) is 0. The van der Waals surface area contributed by atoms with Crippen molar-refractivity contribution < 1.29 is 9.53 Å². The average Bonchev–Trinajstić information content (AvgIpc) is 2.72. The highest BCUT2D eigenvalue weighted by Gasteiger charge is 2.23. The molecule has 1 amide bonds. The third kappa shape index (κ3) is 4.73. The maximum atomic E-state index is 12.6. The van der Waals surface area contributed by atoms with E-state index in [2.05, 4.69) is 16.3 Å². The molecule has 1 saturated heterocycles. The summed E-state index contributed by atoms with van der Waals surface area (Å²) >= 11 is 6.23. The number of hydrogen-bond acceptors (Lipinski definition) is 4. The Bertz CT molecular complexity index is 776. The van der Waals surface area contributed by atoms with Crippen molar-refractivity contribution in [1.29, 1.82) is 0 Å². The summed E-state index contributed by atoms with van der Waals surface area (Å²) in [6.45, 7) is 5.34. The van der Waals surface area contributed by atoms with Crippen molar-refractivity contribution in [2.45, 2.75) is 13.0 Å². The van der Waals surface area contributed by atoms with E-state index in [0.29, 0.717) is 19.6 Å². The number of nitrogens with one attached hydrogen (secondary N) is 1. The van der Waals surface area contributed by atoms with Gasteiger partial charge in [0.25, 0.3) is 0 Å². The monoisotopic (exact) mass is 387 g/mol. The zero-order valence-electron chi connectivity index (χ0n) is 15.8. The van der Waals surface area contributed by atoms with E-state index in [1.165, 1.54) is 0 Å². The van der Waals surface area contributed by atoms with Gasteiger partial charge in [-0.05, 0) is 30.7 Å². The third-order valence-corrected chi connectivity index (χ3v) is 5.33. The number of hydrogen-bond donors (Lipinski definition) is 1. The Morgan fingerprint density at radius 3 is 2.48 bits per heavy atom. The van der Waals surface area contributed by atoms with Crippen molar-refractivity contribution in [1.82, 2.24) is 10.2 Å². The Morgan fingerprint density at radius 2 is 1.78 bits per heavy atom. The van der Waals surface area contributed by atoms with E-state index in [0.717, 1.165) is 35.1 Å². The topological polar surface area (TPSA) is 44.8 Å². The Morgan fingerprint density at radius 1 is 1.11 bits per heavy atom. The number of piperazine rings is 1. The number of ether oxygens (including phenoxy) is 1. The van der Waals surface area contributed by atoms with Gasteiger partial charge in [0, 0.05) is 37.2 Å². The van der Waals surface area contributed by atoms with E-state index in [4.69, 9.17) is 16.3 Å². The Kier molecular flexibility index (Phi) is 6.58.